The van der Waals surface area contributed by atoms with Crippen molar-refractivity contribution >= 4 is 23.2 Å². The lowest BCUT2D eigenvalue weighted by atomic mass is 10.1. The zero-order valence-electron chi connectivity index (χ0n) is 14.3. The molecule has 3 aromatic rings. The highest BCUT2D eigenvalue weighted by molar-refractivity contribution is 6.37. The molecule has 0 bridgehead atoms. The van der Waals surface area contributed by atoms with Crippen LogP contribution in [0.15, 0.2) is 12.1 Å². The van der Waals surface area contributed by atoms with Crippen LogP contribution in [-0.2, 0) is 6.18 Å². The number of aromatic amines is 1. The van der Waals surface area contributed by atoms with Crippen LogP contribution in [-0.4, -0.2) is 19.7 Å². The van der Waals surface area contributed by atoms with Gasteiger partial charge in [-0.15, -0.1) is 0 Å². The molecule has 0 amide bonds. The van der Waals surface area contributed by atoms with E-state index in [1.165, 1.54) is 4.68 Å². The van der Waals surface area contributed by atoms with Gasteiger partial charge in [-0.05, 0) is 26.0 Å². The van der Waals surface area contributed by atoms with E-state index in [4.69, 9.17) is 33.7 Å². The van der Waals surface area contributed by atoms with E-state index in [0.29, 0.717) is 17.0 Å². The Morgan fingerprint density at radius 2 is 1.71 bits per heavy atom. The molecule has 6 nitrogen and oxygen atoms in total. The molecule has 0 unspecified atom stereocenters. The van der Waals surface area contributed by atoms with E-state index in [1.54, 1.807) is 13.8 Å². The van der Waals surface area contributed by atoms with Gasteiger partial charge in [-0.25, -0.2) is 9.67 Å². The lowest BCUT2D eigenvalue weighted by Gasteiger charge is -2.13. The average Bonchev–Trinajstić information content (AvgIpc) is 3.14. The fraction of sp³-hybridized carbons (Fsp3) is 0.176. The maximum Gasteiger partial charge on any atom is 0.416 e. The number of nitriles is 2. The maximum atomic E-state index is 13.0. The van der Waals surface area contributed by atoms with Crippen LogP contribution in [0.3, 0.4) is 0 Å². The third-order valence-corrected chi connectivity index (χ3v) is 4.58. The van der Waals surface area contributed by atoms with Gasteiger partial charge in [0.15, 0.2) is 11.4 Å². The van der Waals surface area contributed by atoms with Gasteiger partial charge < -0.3 is 4.98 Å². The predicted molar refractivity (Wildman–Crippen MR) is 95.1 cm³/mol. The summed E-state index contributed by atoms with van der Waals surface area (Å²) >= 11 is 12.1. The first-order valence-corrected chi connectivity index (χ1v) is 8.37. The molecule has 0 radical (unpaired) electrons. The Morgan fingerprint density at radius 1 is 1.11 bits per heavy atom. The molecule has 1 N–H and O–H groups in total. The number of rotatable bonds is 2. The molecule has 28 heavy (non-hydrogen) atoms. The van der Waals surface area contributed by atoms with E-state index < -0.39 is 11.7 Å². The fourth-order valence-corrected chi connectivity index (χ4v) is 3.44. The third kappa shape index (κ3) is 3.19. The van der Waals surface area contributed by atoms with Gasteiger partial charge in [0.05, 0.1) is 32.6 Å². The summed E-state index contributed by atoms with van der Waals surface area (Å²) in [6.45, 7) is 3.28. The molecule has 11 heteroatoms. The minimum atomic E-state index is -4.60. The molecule has 0 saturated carbocycles. The Morgan fingerprint density at radius 3 is 2.18 bits per heavy atom. The van der Waals surface area contributed by atoms with Crippen molar-refractivity contribution in [2.24, 2.45) is 0 Å². The first kappa shape index (κ1) is 19.7. The molecule has 0 atom stereocenters. The summed E-state index contributed by atoms with van der Waals surface area (Å²) < 4.78 is 40.2. The molecule has 0 aliphatic heterocycles. The molecule has 3 rings (SSSR count). The van der Waals surface area contributed by atoms with Crippen LogP contribution in [0.4, 0.5) is 13.2 Å². The molecular weight excluding hydrogens is 416 g/mol. The molecule has 0 aliphatic rings. The predicted octanol–water partition coefficient (Wildman–Crippen LogP) is 4.95. The van der Waals surface area contributed by atoms with Gasteiger partial charge in [0.2, 0.25) is 0 Å². The van der Waals surface area contributed by atoms with Crippen LogP contribution >= 0.6 is 23.2 Å². The van der Waals surface area contributed by atoms with Crippen molar-refractivity contribution in [3.05, 3.63) is 50.5 Å². The summed E-state index contributed by atoms with van der Waals surface area (Å²) in [5.74, 6) is 0.230. The Bertz CT molecular complexity index is 1120. The zero-order valence-corrected chi connectivity index (χ0v) is 15.8. The van der Waals surface area contributed by atoms with Crippen molar-refractivity contribution in [2.45, 2.75) is 20.0 Å². The number of H-pyrrole nitrogens is 1. The first-order valence-electron chi connectivity index (χ1n) is 7.61. The van der Waals surface area contributed by atoms with Gasteiger partial charge in [-0.1, -0.05) is 23.2 Å². The maximum absolute atomic E-state index is 13.0. The van der Waals surface area contributed by atoms with Crippen molar-refractivity contribution in [3.8, 4) is 29.2 Å². The van der Waals surface area contributed by atoms with E-state index in [2.05, 4.69) is 15.1 Å². The molecule has 0 spiro atoms. The lowest BCUT2D eigenvalue weighted by molar-refractivity contribution is -0.137. The zero-order chi connectivity index (χ0) is 20.8. The number of nitrogens with one attached hydrogen (secondary N) is 1. The second-order valence-electron chi connectivity index (χ2n) is 5.78. The van der Waals surface area contributed by atoms with Gasteiger partial charge >= 0.3 is 6.18 Å². The number of aryl methyl sites for hydroxylation is 1. The normalized spacial score (nSPS) is 11.3. The molecule has 2 aromatic heterocycles. The number of nitrogens with zero attached hydrogens (tertiary/aromatic N) is 5. The highest BCUT2D eigenvalue weighted by Gasteiger charge is 2.32. The summed E-state index contributed by atoms with van der Waals surface area (Å²) in [6.07, 6.45) is -4.60. The van der Waals surface area contributed by atoms with Crippen LogP contribution < -0.4 is 0 Å². The molecular formula is C17H9Cl2F3N6. The van der Waals surface area contributed by atoms with Gasteiger partial charge in [-0.3, -0.25) is 0 Å². The summed E-state index contributed by atoms with van der Waals surface area (Å²) in [4.78, 5) is 6.82. The molecule has 0 fully saturated rings. The van der Waals surface area contributed by atoms with E-state index in [1.807, 2.05) is 12.1 Å². The first-order chi connectivity index (χ1) is 13.1. The second-order valence-corrected chi connectivity index (χ2v) is 6.59. The van der Waals surface area contributed by atoms with Crippen LogP contribution in [0.25, 0.3) is 17.1 Å². The van der Waals surface area contributed by atoms with Crippen molar-refractivity contribution in [1.29, 1.82) is 10.5 Å². The van der Waals surface area contributed by atoms with Crippen LogP contribution in [0.5, 0.6) is 0 Å². The van der Waals surface area contributed by atoms with Crippen molar-refractivity contribution in [3.63, 3.8) is 0 Å². The summed E-state index contributed by atoms with van der Waals surface area (Å²) in [5, 5.41) is 22.0. The van der Waals surface area contributed by atoms with Crippen LogP contribution in [0, 0.1) is 36.5 Å². The highest BCUT2D eigenvalue weighted by atomic mass is 35.5. The highest BCUT2D eigenvalue weighted by Crippen LogP contribution is 2.39. The summed E-state index contributed by atoms with van der Waals surface area (Å²) in [7, 11) is 0. The molecule has 0 saturated heterocycles. The van der Waals surface area contributed by atoms with Gasteiger partial charge in [0.25, 0.3) is 0 Å². The number of alkyl halides is 3. The number of imidazole rings is 1. The van der Waals surface area contributed by atoms with E-state index in [9.17, 15) is 13.2 Å². The smallest absolute Gasteiger partial charge is 0.328 e. The quantitative estimate of drug-likeness (QED) is 0.629. The van der Waals surface area contributed by atoms with E-state index in [-0.39, 0.29) is 32.9 Å². The summed E-state index contributed by atoms with van der Waals surface area (Å²) in [6, 6.07) is 5.19. The van der Waals surface area contributed by atoms with Crippen molar-refractivity contribution in [1.82, 2.24) is 19.7 Å². The number of hydrogen-bond donors (Lipinski definition) is 1. The number of hydrogen-bond acceptors (Lipinski definition) is 4. The summed E-state index contributed by atoms with van der Waals surface area (Å²) in [5.41, 5.74) is 0.414. The van der Waals surface area contributed by atoms with E-state index >= 15 is 0 Å². The molecule has 142 valence electrons. The minimum Gasteiger partial charge on any atom is -0.328 e. The van der Waals surface area contributed by atoms with Crippen LogP contribution in [0.2, 0.25) is 10.0 Å². The Labute approximate surface area is 166 Å². The SMILES string of the molecule is Cc1nn(-c2c(Cl)cc(C(F)(F)F)cc2Cl)c(C)c1-c1nc(C#N)c(C#N)[nH]1. The van der Waals surface area contributed by atoms with Gasteiger partial charge in [0.1, 0.15) is 23.7 Å². The Balaban J connectivity index is 2.20. The largest absolute Gasteiger partial charge is 0.416 e. The molecule has 2 heterocycles. The Hall–Kier alpha value is -3.01. The third-order valence-electron chi connectivity index (χ3n) is 4.01. The number of halogens is 5. The van der Waals surface area contributed by atoms with Gasteiger partial charge in [-0.2, -0.15) is 28.8 Å². The molecule has 1 aromatic carbocycles. The van der Waals surface area contributed by atoms with Gasteiger partial charge in [0, 0.05) is 0 Å². The average molecular weight is 425 g/mol. The topological polar surface area (TPSA) is 94.1 Å². The second kappa shape index (κ2) is 6.86. The standard InChI is InChI=1S/C17H9Cl2F3N6/c1-7-14(16-25-12(5-23)13(6-24)26-16)8(2)28(27-7)15-10(18)3-9(4-11(15)19)17(20,21)22/h3-4H,1-2H3,(H,25,26). The lowest BCUT2D eigenvalue weighted by Crippen LogP contribution is -2.08. The van der Waals surface area contributed by atoms with Crippen molar-refractivity contribution < 1.29 is 13.2 Å². The number of benzene rings is 1. The Kier molecular flexibility index (Phi) is 4.84. The van der Waals surface area contributed by atoms with Crippen LogP contribution in [0.1, 0.15) is 28.3 Å². The monoisotopic (exact) mass is 424 g/mol. The number of aromatic nitrogens is 4. The minimum absolute atomic E-state index is 0.00496. The molecule has 0 aliphatic carbocycles. The fourth-order valence-electron chi connectivity index (χ4n) is 2.79. The van der Waals surface area contributed by atoms with E-state index in [0.717, 1.165) is 12.1 Å². The van der Waals surface area contributed by atoms with Crippen molar-refractivity contribution in [2.75, 3.05) is 0 Å².